The van der Waals surface area contributed by atoms with Crippen LogP contribution in [0.5, 0.6) is 0 Å². The Balaban J connectivity index is 3.08. The van der Waals surface area contributed by atoms with Crippen LogP contribution in [0.25, 0.3) is 0 Å². The summed E-state index contributed by atoms with van der Waals surface area (Å²) in [5.74, 6) is 0.287. The Hall–Kier alpha value is -0.893. The standard InChI is InChI=1S/C12H17OSi/c1-10(13)12(14(2,3)4)11-8-6-5-7-9-11/h6-9,12H,1-4H3. The first kappa shape index (κ1) is 11.2. The van der Waals surface area contributed by atoms with Crippen molar-refractivity contribution in [3.63, 3.8) is 0 Å². The number of rotatable bonds is 3. The molecule has 1 nitrogen and oxygen atoms in total. The van der Waals surface area contributed by atoms with Gasteiger partial charge in [0.1, 0.15) is 5.78 Å². The fourth-order valence-corrected chi connectivity index (χ4v) is 4.35. The largest absolute Gasteiger partial charge is 0.300 e. The second kappa shape index (κ2) is 4.09. The van der Waals surface area contributed by atoms with Crippen LogP contribution >= 0.6 is 0 Å². The van der Waals surface area contributed by atoms with Crippen molar-refractivity contribution in [2.75, 3.05) is 0 Å². The van der Waals surface area contributed by atoms with Gasteiger partial charge in [0, 0.05) is 5.54 Å². The first-order valence-electron chi connectivity index (χ1n) is 4.89. The summed E-state index contributed by atoms with van der Waals surface area (Å²) >= 11 is 0. The molecule has 0 heterocycles. The first-order valence-corrected chi connectivity index (χ1v) is 8.47. The van der Waals surface area contributed by atoms with E-state index in [-0.39, 0.29) is 11.3 Å². The average molecular weight is 205 g/mol. The van der Waals surface area contributed by atoms with Crippen molar-refractivity contribution >= 4 is 13.9 Å². The molecule has 1 rings (SSSR count). The smallest absolute Gasteiger partial charge is 0.134 e. The molecule has 14 heavy (non-hydrogen) atoms. The van der Waals surface area contributed by atoms with Gasteiger partial charge in [-0.25, -0.2) is 0 Å². The molecule has 75 valence electrons. The van der Waals surface area contributed by atoms with Crippen LogP contribution in [0.2, 0.25) is 19.6 Å². The van der Waals surface area contributed by atoms with E-state index in [9.17, 15) is 4.79 Å². The molecule has 0 spiro atoms. The van der Waals surface area contributed by atoms with Gasteiger partial charge in [0.15, 0.2) is 0 Å². The quantitative estimate of drug-likeness (QED) is 0.693. The molecule has 1 radical (unpaired) electrons. The molecular formula is C12H17OSi. The highest BCUT2D eigenvalue weighted by molar-refractivity contribution is 6.80. The summed E-state index contributed by atoms with van der Waals surface area (Å²) in [6.07, 6.45) is 0. The number of hydrogen-bond donors (Lipinski definition) is 0. The van der Waals surface area contributed by atoms with Crippen molar-refractivity contribution in [3.05, 3.63) is 35.9 Å². The molecule has 0 aromatic heterocycles. The molecule has 0 N–H and O–H groups in total. The second-order valence-corrected chi connectivity index (χ2v) is 10.1. The van der Waals surface area contributed by atoms with Gasteiger partial charge in [-0.15, -0.1) is 0 Å². The van der Waals surface area contributed by atoms with Crippen LogP contribution in [-0.2, 0) is 4.79 Å². The topological polar surface area (TPSA) is 17.1 Å². The van der Waals surface area contributed by atoms with Gasteiger partial charge < -0.3 is 0 Å². The van der Waals surface area contributed by atoms with Crippen LogP contribution < -0.4 is 0 Å². The third-order valence-electron chi connectivity index (χ3n) is 2.35. The van der Waals surface area contributed by atoms with Gasteiger partial charge in [0.05, 0.1) is 8.07 Å². The average Bonchev–Trinajstić information content (AvgIpc) is 2.02. The maximum atomic E-state index is 11.6. The van der Waals surface area contributed by atoms with Crippen molar-refractivity contribution in [3.8, 4) is 0 Å². The number of ketones is 1. The number of carbonyl (C=O) groups excluding carboxylic acids is 1. The number of benzene rings is 1. The molecule has 0 saturated carbocycles. The minimum Gasteiger partial charge on any atom is -0.300 e. The van der Waals surface area contributed by atoms with E-state index in [1.54, 1.807) is 6.92 Å². The van der Waals surface area contributed by atoms with Gasteiger partial charge in [0.25, 0.3) is 0 Å². The highest BCUT2D eigenvalue weighted by Gasteiger charge is 2.31. The molecule has 0 aliphatic carbocycles. The zero-order valence-corrected chi connectivity index (χ0v) is 10.3. The minimum atomic E-state index is -1.45. The summed E-state index contributed by atoms with van der Waals surface area (Å²) in [7, 11) is -1.45. The van der Waals surface area contributed by atoms with E-state index in [0.717, 1.165) is 5.56 Å². The van der Waals surface area contributed by atoms with E-state index >= 15 is 0 Å². The van der Waals surface area contributed by atoms with Gasteiger partial charge in [-0.3, -0.25) is 4.79 Å². The number of Topliss-reactive ketones (excluding diaryl/α,β-unsaturated/α-hetero) is 1. The lowest BCUT2D eigenvalue weighted by Gasteiger charge is -2.26. The lowest BCUT2D eigenvalue weighted by atomic mass is 10.1. The summed E-state index contributed by atoms with van der Waals surface area (Å²) in [5, 5.41) is 0. The predicted molar refractivity (Wildman–Crippen MR) is 62.0 cm³/mol. The summed E-state index contributed by atoms with van der Waals surface area (Å²) in [5.41, 5.74) is 1.27. The third-order valence-corrected chi connectivity index (χ3v) is 4.82. The van der Waals surface area contributed by atoms with Gasteiger partial charge in [-0.05, 0) is 18.6 Å². The normalized spacial score (nSPS) is 13.7. The van der Waals surface area contributed by atoms with E-state index in [0.29, 0.717) is 0 Å². The highest BCUT2D eigenvalue weighted by Crippen LogP contribution is 2.27. The third kappa shape index (κ3) is 2.55. The van der Waals surface area contributed by atoms with Crippen molar-refractivity contribution in [2.24, 2.45) is 0 Å². The minimum absolute atomic E-state index is 0.122. The second-order valence-electron chi connectivity index (χ2n) is 4.74. The fourth-order valence-electron chi connectivity index (χ4n) is 1.94. The van der Waals surface area contributed by atoms with E-state index < -0.39 is 8.07 Å². The zero-order chi connectivity index (χ0) is 10.8. The summed E-state index contributed by atoms with van der Waals surface area (Å²) in [6.45, 7) is 8.39. The molecule has 1 unspecified atom stereocenters. The number of carbonyl (C=O) groups is 1. The molecule has 1 aromatic carbocycles. The van der Waals surface area contributed by atoms with Crippen LogP contribution in [0.4, 0.5) is 0 Å². The molecule has 2 heteroatoms. The van der Waals surface area contributed by atoms with E-state index in [4.69, 9.17) is 0 Å². The summed E-state index contributed by atoms with van der Waals surface area (Å²) < 4.78 is 0. The van der Waals surface area contributed by atoms with Gasteiger partial charge in [-0.1, -0.05) is 43.9 Å². The highest BCUT2D eigenvalue weighted by atomic mass is 28.3. The monoisotopic (exact) mass is 205 g/mol. The Morgan fingerprint density at radius 3 is 2.14 bits per heavy atom. The predicted octanol–water partition coefficient (Wildman–Crippen LogP) is 3.04. The Morgan fingerprint density at radius 2 is 1.79 bits per heavy atom. The zero-order valence-electron chi connectivity index (χ0n) is 9.29. The van der Waals surface area contributed by atoms with Gasteiger partial charge >= 0.3 is 0 Å². The van der Waals surface area contributed by atoms with Crippen molar-refractivity contribution < 1.29 is 4.79 Å². The van der Waals surface area contributed by atoms with Crippen LogP contribution in [0.3, 0.4) is 0 Å². The maximum absolute atomic E-state index is 11.6. The molecule has 0 fully saturated rings. The fraction of sp³-hybridized carbons (Fsp3) is 0.417. The molecule has 0 aliphatic rings. The molecule has 0 aliphatic heterocycles. The van der Waals surface area contributed by atoms with Crippen LogP contribution in [-0.4, -0.2) is 13.9 Å². The Labute approximate surface area is 87.2 Å². The van der Waals surface area contributed by atoms with Gasteiger partial charge in [-0.2, -0.15) is 0 Å². The Morgan fingerprint density at radius 1 is 1.29 bits per heavy atom. The lowest BCUT2D eigenvalue weighted by Crippen LogP contribution is -2.35. The lowest BCUT2D eigenvalue weighted by molar-refractivity contribution is -0.116. The molecular weight excluding hydrogens is 188 g/mol. The van der Waals surface area contributed by atoms with Crippen LogP contribution in [0.1, 0.15) is 18.0 Å². The SMILES string of the molecule is CC(=O)C(c1cc[c]cc1)[Si](C)(C)C. The van der Waals surface area contributed by atoms with Crippen LogP contribution in [0.15, 0.2) is 24.3 Å². The molecule has 0 amide bonds. The van der Waals surface area contributed by atoms with Crippen molar-refractivity contribution in [2.45, 2.75) is 32.1 Å². The van der Waals surface area contributed by atoms with Crippen LogP contribution in [0, 0.1) is 6.07 Å². The molecule has 1 aromatic rings. The summed E-state index contributed by atoms with van der Waals surface area (Å²) in [4.78, 5) is 11.6. The Kier molecular flexibility index (Phi) is 3.27. The van der Waals surface area contributed by atoms with Gasteiger partial charge in [0.2, 0.25) is 0 Å². The number of hydrogen-bond acceptors (Lipinski definition) is 1. The first-order chi connectivity index (χ1) is 6.43. The maximum Gasteiger partial charge on any atom is 0.134 e. The molecule has 0 saturated heterocycles. The van der Waals surface area contributed by atoms with Crippen molar-refractivity contribution in [1.82, 2.24) is 0 Å². The Bertz CT molecular complexity index is 311. The molecule has 0 bridgehead atoms. The summed E-state index contributed by atoms with van der Waals surface area (Å²) in [6, 6.07) is 10.8. The van der Waals surface area contributed by atoms with E-state index in [1.807, 2.05) is 24.3 Å². The van der Waals surface area contributed by atoms with Crippen molar-refractivity contribution in [1.29, 1.82) is 0 Å². The molecule has 1 atom stereocenters. The van der Waals surface area contributed by atoms with E-state index in [1.165, 1.54) is 0 Å². The van der Waals surface area contributed by atoms with E-state index in [2.05, 4.69) is 25.7 Å².